The number of H-pyrrole nitrogens is 1. The van der Waals surface area contributed by atoms with Crippen LogP contribution >= 0.6 is 11.8 Å². The molecular weight excluding hydrogens is 414 g/mol. The third-order valence-corrected chi connectivity index (χ3v) is 7.23. The van der Waals surface area contributed by atoms with Gasteiger partial charge in [-0.15, -0.1) is 0 Å². The Balaban J connectivity index is 2.03. The van der Waals surface area contributed by atoms with Gasteiger partial charge in [-0.2, -0.15) is 4.31 Å². The van der Waals surface area contributed by atoms with Crippen LogP contribution in [0.15, 0.2) is 33.0 Å². The van der Waals surface area contributed by atoms with Crippen LogP contribution in [-0.2, 0) is 10.0 Å². The topological polar surface area (TPSA) is 138 Å². The highest BCUT2D eigenvalue weighted by molar-refractivity contribution is 7.98. The van der Waals surface area contributed by atoms with Crippen LogP contribution in [0.4, 0.5) is 11.5 Å². The number of thioether (sulfide) groups is 1. The normalized spacial score (nSPS) is 15.2. The number of carbonyl (C=O) groups is 1. The van der Waals surface area contributed by atoms with E-state index in [2.05, 4.69) is 15.3 Å². The minimum absolute atomic E-state index is 0.0128. The maximum atomic E-state index is 13.0. The van der Waals surface area contributed by atoms with Crippen LogP contribution in [-0.4, -0.2) is 47.9 Å². The van der Waals surface area contributed by atoms with E-state index in [1.807, 2.05) is 0 Å². The first kappa shape index (κ1) is 21.3. The van der Waals surface area contributed by atoms with Crippen molar-refractivity contribution in [1.82, 2.24) is 14.3 Å². The molecule has 0 spiro atoms. The quantitative estimate of drug-likeness (QED) is 0.463. The van der Waals surface area contributed by atoms with E-state index >= 15 is 0 Å². The van der Waals surface area contributed by atoms with Crippen LogP contribution in [0.5, 0.6) is 0 Å². The maximum Gasteiger partial charge on any atom is 0.266 e. The lowest BCUT2D eigenvalue weighted by atomic mass is 10.2. The predicted molar refractivity (Wildman–Crippen MR) is 112 cm³/mol. The molecule has 1 fully saturated rings. The zero-order valence-corrected chi connectivity index (χ0v) is 17.8. The summed E-state index contributed by atoms with van der Waals surface area (Å²) in [6.45, 7) is 2.78. The molecule has 1 aromatic heterocycles. The number of benzene rings is 1. The van der Waals surface area contributed by atoms with E-state index in [1.54, 1.807) is 25.3 Å². The number of aromatic nitrogens is 2. The van der Waals surface area contributed by atoms with Gasteiger partial charge >= 0.3 is 0 Å². The van der Waals surface area contributed by atoms with Gasteiger partial charge in [-0.1, -0.05) is 24.2 Å². The molecule has 0 radical (unpaired) electrons. The number of nitrogens with one attached hydrogen (secondary N) is 2. The largest absolute Gasteiger partial charge is 0.365 e. The zero-order valence-electron chi connectivity index (χ0n) is 16.2. The molecule has 1 aliphatic rings. The fourth-order valence-corrected chi connectivity index (χ4v) is 5.07. The van der Waals surface area contributed by atoms with Crippen molar-refractivity contribution >= 4 is 39.2 Å². The van der Waals surface area contributed by atoms with E-state index in [0.717, 1.165) is 24.8 Å². The highest BCUT2D eigenvalue weighted by Crippen LogP contribution is 2.27. The molecule has 1 aromatic carbocycles. The van der Waals surface area contributed by atoms with Crippen molar-refractivity contribution in [2.45, 2.75) is 36.2 Å². The third-order valence-electron chi connectivity index (χ3n) is 4.75. The lowest BCUT2D eigenvalue weighted by molar-refractivity contribution is 0.0999. The Morgan fingerprint density at radius 2 is 1.97 bits per heavy atom. The van der Waals surface area contributed by atoms with Crippen molar-refractivity contribution in [3.63, 3.8) is 0 Å². The number of amides is 1. The smallest absolute Gasteiger partial charge is 0.266 e. The number of piperidine rings is 1. The van der Waals surface area contributed by atoms with Crippen molar-refractivity contribution in [1.29, 1.82) is 0 Å². The van der Waals surface area contributed by atoms with Crippen molar-refractivity contribution in [3.05, 3.63) is 39.7 Å². The maximum absolute atomic E-state index is 13.0. The van der Waals surface area contributed by atoms with Gasteiger partial charge in [0.15, 0.2) is 11.0 Å². The number of sulfonamides is 1. The Morgan fingerprint density at radius 3 is 2.59 bits per heavy atom. The molecule has 1 amide bonds. The molecule has 4 N–H and O–H groups in total. The number of aryl methyl sites for hydroxylation is 1. The number of aromatic amines is 1. The molecule has 29 heavy (non-hydrogen) atoms. The van der Waals surface area contributed by atoms with Gasteiger partial charge in [-0.05, 0) is 43.7 Å². The average Bonchev–Trinajstić information content (AvgIpc) is 2.69. The summed E-state index contributed by atoms with van der Waals surface area (Å²) in [6, 6.07) is 4.72. The summed E-state index contributed by atoms with van der Waals surface area (Å²) in [6.07, 6.45) is 4.43. The van der Waals surface area contributed by atoms with Crippen LogP contribution < -0.4 is 16.6 Å². The molecule has 0 aliphatic carbocycles. The monoisotopic (exact) mass is 437 g/mol. The first-order valence-electron chi connectivity index (χ1n) is 9.10. The number of anilines is 2. The number of nitrogens with two attached hydrogens (primary N) is 1. The minimum atomic E-state index is -3.63. The van der Waals surface area contributed by atoms with Gasteiger partial charge in [0.25, 0.3) is 11.5 Å². The lowest BCUT2D eigenvalue weighted by Crippen LogP contribution is -2.35. The molecule has 1 saturated heterocycles. The SMILES string of the molecule is CSc1nc(Nc2cc(S(=O)(=O)N3CCCCC3)ccc2C)c(C(N)=O)c(=O)[nH]1. The summed E-state index contributed by atoms with van der Waals surface area (Å²) in [7, 11) is -3.63. The summed E-state index contributed by atoms with van der Waals surface area (Å²) in [4.78, 5) is 30.8. The molecule has 0 saturated carbocycles. The van der Waals surface area contributed by atoms with Crippen LogP contribution in [0.1, 0.15) is 35.2 Å². The molecule has 11 heteroatoms. The van der Waals surface area contributed by atoms with Gasteiger partial charge in [0, 0.05) is 18.8 Å². The molecule has 0 atom stereocenters. The van der Waals surface area contributed by atoms with Crippen molar-refractivity contribution in [2.75, 3.05) is 24.7 Å². The van der Waals surface area contributed by atoms with E-state index in [9.17, 15) is 18.0 Å². The molecule has 156 valence electrons. The van der Waals surface area contributed by atoms with Gasteiger partial charge in [0.2, 0.25) is 10.0 Å². The lowest BCUT2D eigenvalue weighted by Gasteiger charge is -2.26. The molecule has 3 rings (SSSR count). The number of nitrogens with zero attached hydrogens (tertiary/aromatic N) is 2. The van der Waals surface area contributed by atoms with Crippen LogP contribution in [0, 0.1) is 6.92 Å². The second-order valence-corrected chi connectivity index (χ2v) is 9.46. The Kier molecular flexibility index (Phi) is 6.30. The summed E-state index contributed by atoms with van der Waals surface area (Å²) in [5.74, 6) is -0.940. The van der Waals surface area contributed by atoms with E-state index < -0.39 is 21.5 Å². The Labute approximate surface area is 173 Å². The Hall–Kier alpha value is -2.37. The van der Waals surface area contributed by atoms with Crippen LogP contribution in [0.25, 0.3) is 0 Å². The summed E-state index contributed by atoms with van der Waals surface area (Å²) >= 11 is 1.20. The van der Waals surface area contributed by atoms with Crippen molar-refractivity contribution in [3.8, 4) is 0 Å². The molecule has 0 bridgehead atoms. The summed E-state index contributed by atoms with van der Waals surface area (Å²) in [5.41, 5.74) is 5.53. The van der Waals surface area contributed by atoms with E-state index in [-0.39, 0.29) is 16.3 Å². The average molecular weight is 438 g/mol. The highest BCUT2D eigenvalue weighted by Gasteiger charge is 2.26. The fourth-order valence-electron chi connectivity index (χ4n) is 3.15. The first-order chi connectivity index (χ1) is 13.7. The molecule has 0 unspecified atom stereocenters. The van der Waals surface area contributed by atoms with Gasteiger partial charge in [0.1, 0.15) is 5.56 Å². The Morgan fingerprint density at radius 1 is 1.28 bits per heavy atom. The number of carbonyl (C=O) groups excluding carboxylic acids is 1. The minimum Gasteiger partial charge on any atom is -0.365 e. The first-order valence-corrected chi connectivity index (χ1v) is 11.8. The fraction of sp³-hybridized carbons (Fsp3) is 0.389. The molecule has 1 aliphatic heterocycles. The van der Waals surface area contributed by atoms with Crippen LogP contribution in [0.3, 0.4) is 0 Å². The van der Waals surface area contributed by atoms with Gasteiger partial charge in [0.05, 0.1) is 4.90 Å². The number of primary amides is 1. The van der Waals surface area contributed by atoms with Gasteiger partial charge in [-0.3, -0.25) is 9.59 Å². The van der Waals surface area contributed by atoms with E-state index in [0.29, 0.717) is 23.9 Å². The predicted octanol–water partition coefficient (Wildman–Crippen LogP) is 1.82. The third kappa shape index (κ3) is 4.46. The van der Waals surface area contributed by atoms with Gasteiger partial charge in [-0.25, -0.2) is 13.4 Å². The molecule has 2 heterocycles. The molecular formula is C18H23N5O4S2. The van der Waals surface area contributed by atoms with Crippen LogP contribution in [0.2, 0.25) is 0 Å². The number of hydrogen-bond acceptors (Lipinski definition) is 7. The van der Waals surface area contributed by atoms with Crippen molar-refractivity contribution < 1.29 is 13.2 Å². The zero-order chi connectivity index (χ0) is 21.2. The number of hydrogen-bond donors (Lipinski definition) is 3. The van der Waals surface area contributed by atoms with E-state index in [4.69, 9.17) is 5.73 Å². The van der Waals surface area contributed by atoms with Crippen molar-refractivity contribution in [2.24, 2.45) is 5.73 Å². The Bertz CT molecular complexity index is 1090. The second-order valence-electron chi connectivity index (χ2n) is 6.73. The summed E-state index contributed by atoms with van der Waals surface area (Å²) < 4.78 is 27.4. The number of rotatable bonds is 6. The standard InChI is InChI=1S/C18H23N5O4S2/c1-11-6-7-12(29(26,27)23-8-4-3-5-9-23)10-13(11)20-16-14(15(19)24)17(25)22-18(21-16)28-2/h6-7,10H,3-5,8-9H2,1-2H3,(H2,19,24)(H2,20,21,22,25). The second kappa shape index (κ2) is 8.56. The van der Waals surface area contributed by atoms with E-state index in [1.165, 1.54) is 22.1 Å². The highest BCUT2D eigenvalue weighted by atomic mass is 32.2. The molecule has 9 nitrogen and oxygen atoms in total. The van der Waals surface area contributed by atoms with Gasteiger partial charge < -0.3 is 16.0 Å². The molecule has 2 aromatic rings. The summed E-state index contributed by atoms with van der Waals surface area (Å²) in [5, 5.41) is 3.23.